The molecule has 1 N–H and O–H groups in total. The third-order valence-corrected chi connectivity index (χ3v) is 3.22. The molecule has 1 aliphatic rings. The Kier molecular flexibility index (Phi) is 5.13. The first kappa shape index (κ1) is 14.2. The van der Waals surface area contributed by atoms with Gasteiger partial charge in [-0.05, 0) is 13.1 Å². The first-order valence-corrected chi connectivity index (χ1v) is 6.53. The van der Waals surface area contributed by atoms with Crippen LogP contribution in [-0.2, 0) is 11.3 Å². The largest absolute Gasteiger partial charge is 0.494 e. The Bertz CT molecular complexity index is 408. The summed E-state index contributed by atoms with van der Waals surface area (Å²) in [5.74, 6) is 0.0148. The van der Waals surface area contributed by atoms with Crippen molar-refractivity contribution in [1.82, 2.24) is 10.2 Å². The van der Waals surface area contributed by atoms with Crippen molar-refractivity contribution >= 4 is 0 Å². The number of methoxy groups -OCH3 is 1. The second-order valence-corrected chi connectivity index (χ2v) is 4.83. The van der Waals surface area contributed by atoms with Gasteiger partial charge in [-0.1, -0.05) is 12.1 Å². The summed E-state index contributed by atoms with van der Waals surface area (Å²) in [6.45, 7) is 3.83. The summed E-state index contributed by atoms with van der Waals surface area (Å²) < 4.78 is 24.6. The standard InChI is InChI=1S/C14H21FN2O2/c1-17(10-12-8-16-6-7-19-12)9-11-4-3-5-13(18-2)14(11)15/h3-5,12,16H,6-10H2,1-2H3. The third-order valence-electron chi connectivity index (χ3n) is 3.22. The molecule has 0 saturated carbocycles. The first-order chi connectivity index (χ1) is 9.20. The Morgan fingerprint density at radius 2 is 2.37 bits per heavy atom. The van der Waals surface area contributed by atoms with Crippen LogP contribution in [0, 0.1) is 5.82 Å². The monoisotopic (exact) mass is 268 g/mol. The third kappa shape index (κ3) is 3.89. The zero-order chi connectivity index (χ0) is 13.7. The number of hydrogen-bond acceptors (Lipinski definition) is 4. The predicted octanol–water partition coefficient (Wildman–Crippen LogP) is 1.25. The fourth-order valence-electron chi connectivity index (χ4n) is 2.28. The van der Waals surface area contributed by atoms with Gasteiger partial charge in [-0.3, -0.25) is 4.90 Å². The molecule has 1 unspecified atom stereocenters. The molecule has 1 saturated heterocycles. The Morgan fingerprint density at radius 3 is 3.05 bits per heavy atom. The number of hydrogen-bond donors (Lipinski definition) is 1. The highest BCUT2D eigenvalue weighted by molar-refractivity contribution is 5.30. The van der Waals surface area contributed by atoms with Gasteiger partial charge in [0.2, 0.25) is 0 Å². The van der Waals surface area contributed by atoms with E-state index in [2.05, 4.69) is 10.2 Å². The average Bonchev–Trinajstić information content (AvgIpc) is 2.42. The molecule has 19 heavy (non-hydrogen) atoms. The average molecular weight is 268 g/mol. The maximum absolute atomic E-state index is 14.0. The Labute approximate surface area is 113 Å². The van der Waals surface area contributed by atoms with Gasteiger partial charge in [0.15, 0.2) is 11.6 Å². The fraction of sp³-hybridized carbons (Fsp3) is 0.571. The topological polar surface area (TPSA) is 33.7 Å². The van der Waals surface area contributed by atoms with E-state index >= 15 is 0 Å². The quantitative estimate of drug-likeness (QED) is 0.871. The number of likely N-dealkylation sites (N-methyl/N-ethyl adjacent to an activating group) is 1. The van der Waals surface area contributed by atoms with E-state index in [-0.39, 0.29) is 11.9 Å². The summed E-state index contributed by atoms with van der Waals surface area (Å²) in [5.41, 5.74) is 0.644. The van der Waals surface area contributed by atoms with Crippen LogP contribution in [0.4, 0.5) is 4.39 Å². The highest BCUT2D eigenvalue weighted by Crippen LogP contribution is 2.21. The summed E-state index contributed by atoms with van der Waals surface area (Å²) in [5, 5.41) is 3.29. The highest BCUT2D eigenvalue weighted by Gasteiger charge is 2.17. The number of nitrogens with one attached hydrogen (secondary N) is 1. The molecule has 1 heterocycles. The van der Waals surface area contributed by atoms with Crippen molar-refractivity contribution in [3.8, 4) is 5.75 Å². The molecule has 0 bridgehead atoms. The van der Waals surface area contributed by atoms with Gasteiger partial charge in [0.05, 0.1) is 19.8 Å². The fourth-order valence-corrected chi connectivity index (χ4v) is 2.28. The highest BCUT2D eigenvalue weighted by atomic mass is 19.1. The lowest BCUT2D eigenvalue weighted by molar-refractivity contribution is 0.00869. The van der Waals surface area contributed by atoms with Crippen molar-refractivity contribution in [3.63, 3.8) is 0 Å². The van der Waals surface area contributed by atoms with Crippen LogP contribution in [0.3, 0.4) is 0 Å². The first-order valence-electron chi connectivity index (χ1n) is 6.53. The maximum Gasteiger partial charge on any atom is 0.169 e. The Morgan fingerprint density at radius 1 is 1.53 bits per heavy atom. The van der Waals surface area contributed by atoms with E-state index in [0.29, 0.717) is 17.9 Å². The van der Waals surface area contributed by atoms with Crippen molar-refractivity contribution < 1.29 is 13.9 Å². The molecule has 1 aromatic rings. The van der Waals surface area contributed by atoms with E-state index in [1.165, 1.54) is 7.11 Å². The summed E-state index contributed by atoms with van der Waals surface area (Å²) in [6, 6.07) is 5.23. The van der Waals surface area contributed by atoms with E-state index in [9.17, 15) is 4.39 Å². The molecule has 0 radical (unpaired) electrons. The molecule has 0 aromatic heterocycles. The van der Waals surface area contributed by atoms with Crippen LogP contribution < -0.4 is 10.1 Å². The van der Waals surface area contributed by atoms with E-state index in [4.69, 9.17) is 9.47 Å². The van der Waals surface area contributed by atoms with Crippen LogP contribution >= 0.6 is 0 Å². The lowest BCUT2D eigenvalue weighted by atomic mass is 10.1. The van der Waals surface area contributed by atoms with Crippen LogP contribution in [0.15, 0.2) is 18.2 Å². The van der Waals surface area contributed by atoms with Crippen molar-refractivity contribution in [2.45, 2.75) is 12.6 Å². The minimum Gasteiger partial charge on any atom is -0.494 e. The van der Waals surface area contributed by atoms with Crippen molar-refractivity contribution in [1.29, 1.82) is 0 Å². The number of benzene rings is 1. The van der Waals surface area contributed by atoms with Gasteiger partial charge in [0.25, 0.3) is 0 Å². The van der Waals surface area contributed by atoms with E-state index in [1.54, 1.807) is 12.1 Å². The molecule has 0 amide bonds. The summed E-state index contributed by atoms with van der Waals surface area (Å²) in [4.78, 5) is 2.06. The summed E-state index contributed by atoms with van der Waals surface area (Å²) >= 11 is 0. The number of halogens is 1. The molecule has 106 valence electrons. The van der Waals surface area contributed by atoms with Gasteiger partial charge in [-0.2, -0.15) is 0 Å². The summed E-state index contributed by atoms with van der Waals surface area (Å²) in [7, 11) is 3.45. The van der Waals surface area contributed by atoms with E-state index in [0.717, 1.165) is 26.2 Å². The smallest absolute Gasteiger partial charge is 0.169 e. The number of ether oxygens (including phenoxy) is 2. The molecule has 4 nitrogen and oxygen atoms in total. The van der Waals surface area contributed by atoms with Crippen LogP contribution in [0.5, 0.6) is 5.75 Å². The molecule has 2 rings (SSSR count). The molecule has 0 aliphatic carbocycles. The zero-order valence-corrected chi connectivity index (χ0v) is 11.5. The van der Waals surface area contributed by atoms with Gasteiger partial charge in [-0.15, -0.1) is 0 Å². The van der Waals surface area contributed by atoms with Crippen LogP contribution in [-0.4, -0.2) is 51.4 Å². The van der Waals surface area contributed by atoms with E-state index < -0.39 is 0 Å². The van der Waals surface area contributed by atoms with Gasteiger partial charge >= 0.3 is 0 Å². The maximum atomic E-state index is 14.0. The minimum absolute atomic E-state index is 0.174. The zero-order valence-electron chi connectivity index (χ0n) is 11.5. The van der Waals surface area contributed by atoms with Gasteiger partial charge in [0.1, 0.15) is 0 Å². The SMILES string of the molecule is COc1cccc(CN(C)CC2CNCCO2)c1F. The van der Waals surface area contributed by atoms with Crippen LogP contribution in [0.1, 0.15) is 5.56 Å². The molecule has 1 aromatic carbocycles. The Hall–Kier alpha value is -1.17. The second kappa shape index (κ2) is 6.84. The van der Waals surface area contributed by atoms with Gasteiger partial charge < -0.3 is 14.8 Å². The molecule has 1 fully saturated rings. The molecular formula is C14H21FN2O2. The number of nitrogens with zero attached hydrogens (tertiary/aromatic N) is 1. The second-order valence-electron chi connectivity index (χ2n) is 4.83. The lowest BCUT2D eigenvalue weighted by Gasteiger charge is -2.28. The molecule has 1 atom stereocenters. The molecular weight excluding hydrogens is 247 g/mol. The number of rotatable bonds is 5. The van der Waals surface area contributed by atoms with Crippen LogP contribution in [0.2, 0.25) is 0 Å². The predicted molar refractivity (Wildman–Crippen MR) is 71.9 cm³/mol. The summed E-state index contributed by atoms with van der Waals surface area (Å²) in [6.07, 6.45) is 0.174. The van der Waals surface area contributed by atoms with Crippen molar-refractivity contribution in [2.75, 3.05) is 40.4 Å². The lowest BCUT2D eigenvalue weighted by Crippen LogP contribution is -2.44. The van der Waals surface area contributed by atoms with E-state index in [1.807, 2.05) is 13.1 Å². The van der Waals surface area contributed by atoms with Crippen molar-refractivity contribution in [3.05, 3.63) is 29.6 Å². The van der Waals surface area contributed by atoms with Gasteiger partial charge in [-0.25, -0.2) is 4.39 Å². The van der Waals surface area contributed by atoms with Crippen molar-refractivity contribution in [2.24, 2.45) is 0 Å². The van der Waals surface area contributed by atoms with Crippen LogP contribution in [0.25, 0.3) is 0 Å². The normalized spacial score (nSPS) is 19.7. The van der Waals surface area contributed by atoms with Gasteiger partial charge in [0, 0.05) is 31.7 Å². The molecule has 5 heteroatoms. The molecule has 1 aliphatic heterocycles. The molecule has 0 spiro atoms. The number of morpholine rings is 1. The Balaban J connectivity index is 1.92. The minimum atomic E-state index is -0.278.